The van der Waals surface area contributed by atoms with E-state index in [1.807, 2.05) is 0 Å². The summed E-state index contributed by atoms with van der Waals surface area (Å²) in [4.78, 5) is 12.2. The van der Waals surface area contributed by atoms with Crippen molar-refractivity contribution < 1.29 is 4.79 Å². The number of carbonyl (C=O) groups is 1. The fourth-order valence-corrected chi connectivity index (χ4v) is 1.18. The smallest absolute Gasteiger partial charge is 0.248 e. The van der Waals surface area contributed by atoms with E-state index in [9.17, 15) is 4.79 Å². The Bertz CT molecular complexity index is 487. The molecule has 0 aliphatic rings. The summed E-state index contributed by atoms with van der Waals surface area (Å²) in [6, 6.07) is 6.73. The van der Waals surface area contributed by atoms with Gasteiger partial charge in [0.1, 0.15) is 0 Å². The summed E-state index contributed by atoms with van der Waals surface area (Å²) in [6.07, 6.45) is 0. The molecule has 0 radical (unpaired) electrons. The average Bonchev–Trinajstić information content (AvgIpc) is 2.65. The second kappa shape index (κ2) is 3.49. The maximum absolute atomic E-state index is 10.8. The standard InChI is InChI=1S/C9H9N5O/c1-14-12-9(11-13-14)7-4-2-6(3-5-7)8(10)15/h2-5H,1H3,(H2,10,15). The van der Waals surface area contributed by atoms with Crippen molar-refractivity contribution in [2.45, 2.75) is 0 Å². The molecule has 0 bridgehead atoms. The fourth-order valence-electron chi connectivity index (χ4n) is 1.18. The molecule has 76 valence electrons. The van der Waals surface area contributed by atoms with Crippen LogP contribution >= 0.6 is 0 Å². The Balaban J connectivity index is 2.35. The predicted octanol–water partition coefficient (Wildman–Crippen LogP) is -0.0240. The third-order valence-electron chi connectivity index (χ3n) is 1.94. The lowest BCUT2D eigenvalue weighted by Crippen LogP contribution is -2.10. The molecule has 6 nitrogen and oxygen atoms in total. The molecule has 2 N–H and O–H groups in total. The summed E-state index contributed by atoms with van der Waals surface area (Å²) in [7, 11) is 1.69. The highest BCUT2D eigenvalue weighted by atomic mass is 16.1. The van der Waals surface area contributed by atoms with Gasteiger partial charge < -0.3 is 5.73 Å². The van der Waals surface area contributed by atoms with Gasteiger partial charge in [-0.2, -0.15) is 4.80 Å². The van der Waals surface area contributed by atoms with Crippen LogP contribution in [0, 0.1) is 0 Å². The maximum atomic E-state index is 10.8. The predicted molar refractivity (Wildman–Crippen MR) is 52.8 cm³/mol. The number of carbonyl (C=O) groups excluding carboxylic acids is 1. The molecular formula is C9H9N5O. The van der Waals surface area contributed by atoms with Crippen LogP contribution in [0.3, 0.4) is 0 Å². The second-order valence-electron chi connectivity index (χ2n) is 3.04. The lowest BCUT2D eigenvalue weighted by Gasteiger charge is -1.96. The Morgan fingerprint density at radius 3 is 2.47 bits per heavy atom. The highest BCUT2D eigenvalue weighted by Crippen LogP contribution is 2.13. The number of hydrogen-bond acceptors (Lipinski definition) is 4. The first-order valence-corrected chi connectivity index (χ1v) is 4.31. The molecule has 6 heteroatoms. The molecule has 15 heavy (non-hydrogen) atoms. The Hall–Kier alpha value is -2.24. The zero-order valence-corrected chi connectivity index (χ0v) is 8.08. The molecule has 0 saturated carbocycles. The lowest BCUT2D eigenvalue weighted by molar-refractivity contribution is 0.100. The molecule has 1 heterocycles. The maximum Gasteiger partial charge on any atom is 0.248 e. The van der Waals surface area contributed by atoms with E-state index in [0.29, 0.717) is 11.4 Å². The van der Waals surface area contributed by atoms with Gasteiger partial charge in [-0.15, -0.1) is 10.2 Å². The van der Waals surface area contributed by atoms with E-state index in [1.165, 1.54) is 4.80 Å². The molecule has 0 unspecified atom stereocenters. The second-order valence-corrected chi connectivity index (χ2v) is 3.04. The number of tetrazole rings is 1. The van der Waals surface area contributed by atoms with Crippen LogP contribution < -0.4 is 5.73 Å². The van der Waals surface area contributed by atoms with Gasteiger partial charge >= 0.3 is 0 Å². The van der Waals surface area contributed by atoms with Crippen molar-refractivity contribution in [2.75, 3.05) is 0 Å². The van der Waals surface area contributed by atoms with Crippen LogP contribution in [0.1, 0.15) is 10.4 Å². The van der Waals surface area contributed by atoms with Crippen molar-refractivity contribution in [3.8, 4) is 11.4 Å². The summed E-state index contributed by atoms with van der Waals surface area (Å²) < 4.78 is 0. The Morgan fingerprint density at radius 2 is 2.00 bits per heavy atom. The topological polar surface area (TPSA) is 86.7 Å². The van der Waals surface area contributed by atoms with Crippen LogP contribution in [-0.4, -0.2) is 26.1 Å². The molecule has 1 aromatic carbocycles. The number of nitrogens with zero attached hydrogens (tertiary/aromatic N) is 4. The number of aryl methyl sites for hydroxylation is 1. The van der Waals surface area contributed by atoms with Crippen molar-refractivity contribution in [2.24, 2.45) is 12.8 Å². The van der Waals surface area contributed by atoms with Gasteiger partial charge in [-0.3, -0.25) is 4.79 Å². The highest BCUT2D eigenvalue weighted by Gasteiger charge is 2.05. The van der Waals surface area contributed by atoms with Crippen LogP contribution in [0.15, 0.2) is 24.3 Å². The van der Waals surface area contributed by atoms with Crippen LogP contribution in [0.2, 0.25) is 0 Å². The van der Waals surface area contributed by atoms with Crippen LogP contribution in [0.25, 0.3) is 11.4 Å². The van der Waals surface area contributed by atoms with Crippen LogP contribution in [0.4, 0.5) is 0 Å². The first-order chi connectivity index (χ1) is 7.16. The van der Waals surface area contributed by atoms with Gasteiger partial charge in [0.2, 0.25) is 11.7 Å². The molecule has 1 aromatic heterocycles. The molecule has 0 atom stereocenters. The molecule has 0 saturated heterocycles. The first kappa shape index (κ1) is 9.32. The van der Waals surface area contributed by atoms with Gasteiger partial charge in [0, 0.05) is 11.1 Å². The van der Waals surface area contributed by atoms with E-state index in [1.54, 1.807) is 31.3 Å². The van der Waals surface area contributed by atoms with Crippen molar-refractivity contribution in [3.63, 3.8) is 0 Å². The zero-order valence-electron chi connectivity index (χ0n) is 8.08. The average molecular weight is 203 g/mol. The van der Waals surface area contributed by atoms with E-state index < -0.39 is 5.91 Å². The molecular weight excluding hydrogens is 194 g/mol. The number of aromatic nitrogens is 4. The summed E-state index contributed by atoms with van der Waals surface area (Å²) in [5.41, 5.74) is 6.38. The number of benzene rings is 1. The SMILES string of the molecule is Cn1nnc(-c2ccc(C(N)=O)cc2)n1. The van der Waals surface area contributed by atoms with Crippen LogP contribution in [-0.2, 0) is 7.05 Å². The number of amides is 1. The highest BCUT2D eigenvalue weighted by molar-refractivity contribution is 5.93. The quantitative estimate of drug-likeness (QED) is 0.742. The third-order valence-corrected chi connectivity index (χ3v) is 1.94. The zero-order chi connectivity index (χ0) is 10.8. The van der Waals surface area contributed by atoms with Crippen LogP contribution in [0.5, 0.6) is 0 Å². The van der Waals surface area contributed by atoms with E-state index in [-0.39, 0.29) is 0 Å². The monoisotopic (exact) mass is 203 g/mol. The van der Waals surface area contributed by atoms with Gasteiger partial charge in [-0.25, -0.2) is 0 Å². The van der Waals surface area contributed by atoms with E-state index in [2.05, 4.69) is 15.4 Å². The third kappa shape index (κ3) is 1.83. The minimum Gasteiger partial charge on any atom is -0.366 e. The summed E-state index contributed by atoms with van der Waals surface area (Å²) in [5.74, 6) is 0.0715. The summed E-state index contributed by atoms with van der Waals surface area (Å²) in [6.45, 7) is 0. The normalized spacial score (nSPS) is 10.2. The Morgan fingerprint density at radius 1 is 1.33 bits per heavy atom. The molecule has 0 fully saturated rings. The molecule has 1 amide bonds. The van der Waals surface area contributed by atoms with Crippen molar-refractivity contribution in [1.82, 2.24) is 20.2 Å². The molecule has 0 aliphatic carbocycles. The van der Waals surface area contributed by atoms with E-state index in [4.69, 9.17) is 5.73 Å². The van der Waals surface area contributed by atoms with Crippen molar-refractivity contribution >= 4 is 5.91 Å². The molecule has 0 aliphatic heterocycles. The number of primary amides is 1. The van der Waals surface area contributed by atoms with Gasteiger partial charge in [0.05, 0.1) is 7.05 Å². The number of rotatable bonds is 2. The van der Waals surface area contributed by atoms with Crippen molar-refractivity contribution in [1.29, 1.82) is 0 Å². The van der Waals surface area contributed by atoms with E-state index in [0.717, 1.165) is 5.56 Å². The first-order valence-electron chi connectivity index (χ1n) is 4.31. The van der Waals surface area contributed by atoms with Gasteiger partial charge in [0.15, 0.2) is 0 Å². The minimum absolute atomic E-state index is 0.450. The molecule has 0 spiro atoms. The van der Waals surface area contributed by atoms with E-state index >= 15 is 0 Å². The fraction of sp³-hybridized carbons (Fsp3) is 0.111. The number of nitrogens with two attached hydrogens (primary N) is 1. The Labute approximate surface area is 85.7 Å². The summed E-state index contributed by atoms with van der Waals surface area (Å²) in [5, 5.41) is 11.6. The Kier molecular flexibility index (Phi) is 2.17. The van der Waals surface area contributed by atoms with Gasteiger partial charge in [-0.1, -0.05) is 12.1 Å². The minimum atomic E-state index is -0.450. The molecule has 2 rings (SSSR count). The largest absolute Gasteiger partial charge is 0.366 e. The van der Waals surface area contributed by atoms with Crippen molar-refractivity contribution in [3.05, 3.63) is 29.8 Å². The number of hydrogen-bond donors (Lipinski definition) is 1. The summed E-state index contributed by atoms with van der Waals surface area (Å²) >= 11 is 0. The van der Waals surface area contributed by atoms with Gasteiger partial charge in [-0.05, 0) is 17.3 Å². The van der Waals surface area contributed by atoms with Gasteiger partial charge in [0.25, 0.3) is 0 Å². The molecule has 2 aromatic rings. The lowest BCUT2D eigenvalue weighted by atomic mass is 10.1.